The number of quaternary nitrogens is 1. The molecule has 1 aliphatic carbocycles. The lowest BCUT2D eigenvalue weighted by Crippen LogP contribution is -3.15. The zero-order valence-electron chi connectivity index (χ0n) is 14.9. The number of carbonyl (C=O) groups is 1. The highest BCUT2D eigenvalue weighted by Gasteiger charge is 2.28. The maximum Gasteiger partial charge on any atom is 0.179 e. The summed E-state index contributed by atoms with van der Waals surface area (Å²) in [6.07, 6.45) is 2.05. The molecule has 25 heavy (non-hydrogen) atoms. The average Bonchev–Trinajstić information content (AvgIpc) is 2.90. The molecule has 0 unspecified atom stereocenters. The number of ketones is 1. The second-order valence-electron chi connectivity index (χ2n) is 7.46. The minimum Gasteiger partial charge on any atom is -0.385 e. The molecular formula is C20H27N2O3+. The summed E-state index contributed by atoms with van der Waals surface area (Å²) in [7, 11) is 0. The van der Waals surface area contributed by atoms with E-state index in [1.165, 1.54) is 21.4 Å². The first kappa shape index (κ1) is 16.8. The Bertz CT molecular complexity index is 790. The quantitative estimate of drug-likeness (QED) is 0.861. The van der Waals surface area contributed by atoms with Crippen LogP contribution in [0.25, 0.3) is 10.9 Å². The number of ether oxygens (including phenoxy) is 1. The summed E-state index contributed by atoms with van der Waals surface area (Å²) in [6, 6.07) is 6.38. The molecule has 1 atom stereocenters. The highest BCUT2D eigenvalue weighted by Crippen LogP contribution is 2.33. The lowest BCUT2D eigenvalue weighted by Gasteiger charge is -2.26. The van der Waals surface area contributed by atoms with Crippen molar-refractivity contribution >= 4 is 16.7 Å². The van der Waals surface area contributed by atoms with Crippen LogP contribution in [0.1, 0.15) is 34.5 Å². The Morgan fingerprint density at radius 3 is 2.88 bits per heavy atom. The van der Waals surface area contributed by atoms with E-state index in [0.717, 1.165) is 50.4 Å². The van der Waals surface area contributed by atoms with Gasteiger partial charge in [0.05, 0.1) is 25.5 Å². The summed E-state index contributed by atoms with van der Waals surface area (Å²) >= 11 is 0. The van der Waals surface area contributed by atoms with Gasteiger partial charge in [0.1, 0.15) is 25.7 Å². The van der Waals surface area contributed by atoms with Crippen molar-refractivity contribution in [1.29, 1.82) is 0 Å². The molecule has 0 spiro atoms. The molecule has 1 aliphatic heterocycles. The van der Waals surface area contributed by atoms with Crippen LogP contribution in [0.15, 0.2) is 18.2 Å². The number of hydrogen-bond acceptors (Lipinski definition) is 3. The first-order chi connectivity index (χ1) is 12.1. The van der Waals surface area contributed by atoms with Crippen LogP contribution >= 0.6 is 0 Å². The van der Waals surface area contributed by atoms with Gasteiger partial charge in [0.2, 0.25) is 0 Å². The Balaban J connectivity index is 1.66. The fraction of sp³-hybridized carbons (Fsp3) is 0.550. The number of aliphatic hydroxyl groups is 1. The molecule has 1 aromatic heterocycles. The second kappa shape index (κ2) is 6.90. The number of aromatic nitrogens is 1. The first-order valence-electron chi connectivity index (χ1n) is 9.38. The van der Waals surface area contributed by atoms with Gasteiger partial charge in [-0.25, -0.2) is 0 Å². The maximum absolute atomic E-state index is 12.6. The van der Waals surface area contributed by atoms with Crippen LogP contribution in [0.5, 0.6) is 0 Å². The number of carbonyl (C=O) groups excluding carboxylic acids is 1. The van der Waals surface area contributed by atoms with E-state index in [2.05, 4.69) is 29.7 Å². The van der Waals surface area contributed by atoms with Gasteiger partial charge < -0.3 is 19.3 Å². The minimum atomic E-state index is -0.455. The van der Waals surface area contributed by atoms with E-state index >= 15 is 0 Å². The third-order valence-corrected chi connectivity index (χ3v) is 5.54. The molecule has 0 saturated carbocycles. The van der Waals surface area contributed by atoms with E-state index in [4.69, 9.17) is 4.74 Å². The van der Waals surface area contributed by atoms with Crippen LogP contribution in [-0.2, 0) is 17.7 Å². The molecule has 2 heterocycles. The highest BCUT2D eigenvalue weighted by molar-refractivity contribution is 6.04. The summed E-state index contributed by atoms with van der Waals surface area (Å²) in [5.41, 5.74) is 4.31. The van der Waals surface area contributed by atoms with Crippen molar-refractivity contribution in [2.24, 2.45) is 0 Å². The number of Topliss-reactive ketones (excluding diaryl/α,β-unsaturated/α-hetero) is 1. The van der Waals surface area contributed by atoms with Crippen molar-refractivity contribution in [1.82, 2.24) is 4.57 Å². The van der Waals surface area contributed by atoms with Crippen LogP contribution in [-0.4, -0.2) is 54.4 Å². The van der Waals surface area contributed by atoms with Gasteiger partial charge in [-0.15, -0.1) is 0 Å². The van der Waals surface area contributed by atoms with E-state index in [0.29, 0.717) is 19.5 Å². The van der Waals surface area contributed by atoms with Crippen molar-refractivity contribution in [3.8, 4) is 0 Å². The fourth-order valence-electron chi connectivity index (χ4n) is 4.32. The van der Waals surface area contributed by atoms with Crippen molar-refractivity contribution < 1.29 is 19.5 Å². The zero-order chi connectivity index (χ0) is 17.4. The van der Waals surface area contributed by atoms with Gasteiger partial charge in [-0.05, 0) is 37.5 Å². The van der Waals surface area contributed by atoms with Crippen LogP contribution in [0.4, 0.5) is 0 Å². The molecule has 2 N–H and O–H groups in total. The summed E-state index contributed by atoms with van der Waals surface area (Å²) in [5, 5.41) is 11.9. The number of benzene rings is 1. The van der Waals surface area contributed by atoms with Crippen molar-refractivity contribution in [2.45, 2.75) is 38.8 Å². The number of nitrogens with zero attached hydrogens (tertiary/aromatic N) is 1. The molecule has 134 valence electrons. The predicted molar refractivity (Wildman–Crippen MR) is 96.3 cm³/mol. The Hall–Kier alpha value is -1.69. The molecule has 0 radical (unpaired) electrons. The van der Waals surface area contributed by atoms with Crippen LogP contribution < -0.4 is 4.90 Å². The lowest BCUT2D eigenvalue weighted by molar-refractivity contribution is -0.911. The van der Waals surface area contributed by atoms with Crippen molar-refractivity contribution in [2.75, 3.05) is 32.8 Å². The van der Waals surface area contributed by atoms with Crippen molar-refractivity contribution in [3.05, 3.63) is 35.0 Å². The summed E-state index contributed by atoms with van der Waals surface area (Å²) in [5.74, 6) is 0.223. The molecule has 2 aromatic rings. The van der Waals surface area contributed by atoms with Gasteiger partial charge in [0.25, 0.3) is 0 Å². The van der Waals surface area contributed by atoms with Gasteiger partial charge in [-0.1, -0.05) is 11.6 Å². The standard InChI is InChI=1S/C20H26N2O3/c1-14-5-6-18-17(11-14)16-3-2-4-19(24)20(16)22(18)13-15(23)12-21-7-9-25-10-8-21/h5-6,11,15,23H,2-4,7-10,12-13H2,1H3/p+1/t15-/m1/s1. The number of aryl methyl sites for hydroxylation is 2. The Labute approximate surface area is 148 Å². The molecule has 1 aromatic carbocycles. The van der Waals surface area contributed by atoms with E-state index in [-0.39, 0.29) is 5.78 Å². The van der Waals surface area contributed by atoms with E-state index in [9.17, 15) is 9.90 Å². The molecule has 5 nitrogen and oxygen atoms in total. The molecule has 0 amide bonds. The van der Waals surface area contributed by atoms with Gasteiger partial charge in [0.15, 0.2) is 5.78 Å². The van der Waals surface area contributed by atoms with Crippen molar-refractivity contribution in [3.63, 3.8) is 0 Å². The van der Waals surface area contributed by atoms with Gasteiger partial charge >= 0.3 is 0 Å². The molecule has 4 rings (SSSR count). The largest absolute Gasteiger partial charge is 0.385 e. The normalized spacial score (nSPS) is 20.0. The number of rotatable bonds is 4. The second-order valence-corrected chi connectivity index (χ2v) is 7.46. The predicted octanol–water partition coefficient (Wildman–Crippen LogP) is 0.745. The molecule has 2 aliphatic rings. The van der Waals surface area contributed by atoms with E-state index < -0.39 is 6.10 Å². The molecule has 5 heteroatoms. The highest BCUT2D eigenvalue weighted by atomic mass is 16.5. The number of fused-ring (bicyclic) bond motifs is 3. The fourth-order valence-corrected chi connectivity index (χ4v) is 4.32. The smallest absolute Gasteiger partial charge is 0.179 e. The average molecular weight is 343 g/mol. The maximum atomic E-state index is 12.6. The SMILES string of the molecule is Cc1ccc2c(c1)c1c(n2C[C@H](O)C[NH+]2CCOCC2)C(=O)CCC1. The molecule has 1 fully saturated rings. The van der Waals surface area contributed by atoms with Crippen LogP contribution in [0, 0.1) is 6.92 Å². The molecular weight excluding hydrogens is 316 g/mol. The molecule has 1 saturated heterocycles. The molecule has 0 bridgehead atoms. The zero-order valence-corrected chi connectivity index (χ0v) is 14.9. The number of morpholine rings is 1. The summed E-state index contributed by atoms with van der Waals surface area (Å²) < 4.78 is 7.47. The van der Waals surface area contributed by atoms with E-state index in [1.807, 2.05) is 0 Å². The van der Waals surface area contributed by atoms with Gasteiger partial charge in [0, 0.05) is 17.3 Å². The number of nitrogens with one attached hydrogen (secondary N) is 1. The lowest BCUT2D eigenvalue weighted by atomic mass is 9.94. The van der Waals surface area contributed by atoms with Gasteiger partial charge in [-0.3, -0.25) is 4.79 Å². The third-order valence-electron chi connectivity index (χ3n) is 5.54. The van der Waals surface area contributed by atoms with Crippen LogP contribution in [0.2, 0.25) is 0 Å². The third kappa shape index (κ3) is 3.24. The number of aliphatic hydroxyl groups excluding tert-OH is 1. The van der Waals surface area contributed by atoms with Gasteiger partial charge in [-0.2, -0.15) is 0 Å². The Morgan fingerprint density at radius 2 is 2.08 bits per heavy atom. The Kier molecular flexibility index (Phi) is 4.63. The number of hydrogen-bond donors (Lipinski definition) is 2. The van der Waals surface area contributed by atoms with E-state index in [1.54, 1.807) is 0 Å². The monoisotopic (exact) mass is 343 g/mol. The minimum absolute atomic E-state index is 0.223. The Morgan fingerprint density at radius 1 is 1.28 bits per heavy atom. The topological polar surface area (TPSA) is 55.9 Å². The summed E-state index contributed by atoms with van der Waals surface area (Å²) in [6.45, 7) is 6.70. The van der Waals surface area contributed by atoms with Crippen LogP contribution in [0.3, 0.4) is 0 Å². The summed E-state index contributed by atoms with van der Waals surface area (Å²) in [4.78, 5) is 14.0. The first-order valence-corrected chi connectivity index (χ1v) is 9.38.